The molecule has 0 aromatic carbocycles. The Labute approximate surface area is 155 Å². The van der Waals surface area contributed by atoms with Crippen molar-refractivity contribution in [1.29, 1.82) is 0 Å². The zero-order chi connectivity index (χ0) is 18.1. The number of likely N-dealkylation sites (tertiary alicyclic amines) is 1. The van der Waals surface area contributed by atoms with Crippen LogP contribution in [-0.4, -0.2) is 59.5 Å². The zero-order valence-corrected chi connectivity index (χ0v) is 16.3. The third kappa shape index (κ3) is 3.60. The smallest absolute Gasteiger partial charge is 0.249 e. The molecule has 0 N–H and O–H groups in total. The predicted molar refractivity (Wildman–Crippen MR) is 101 cm³/mol. The molecule has 0 spiro atoms. The van der Waals surface area contributed by atoms with E-state index in [4.69, 9.17) is 11.6 Å². The van der Waals surface area contributed by atoms with Gasteiger partial charge >= 0.3 is 0 Å². The minimum Gasteiger partial charge on any atom is -0.340 e. The van der Waals surface area contributed by atoms with Crippen LogP contribution < -0.4 is 9.80 Å². The van der Waals surface area contributed by atoms with Gasteiger partial charge in [0, 0.05) is 32.7 Å². The molecular formula is C18H27ClN5O. The third-order valence-corrected chi connectivity index (χ3v) is 5.34. The highest BCUT2D eigenvalue weighted by molar-refractivity contribution is 6.28. The maximum absolute atomic E-state index is 12.8. The lowest BCUT2D eigenvalue weighted by molar-refractivity contribution is -0.120. The molecule has 3 rings (SSSR count). The Morgan fingerprint density at radius 2 is 2.00 bits per heavy atom. The summed E-state index contributed by atoms with van der Waals surface area (Å²) >= 11 is 6.07. The molecule has 1 atom stereocenters. The van der Waals surface area contributed by atoms with Crippen molar-refractivity contribution in [1.82, 2.24) is 14.9 Å². The average Bonchev–Trinajstić information content (AvgIpc) is 2.58. The van der Waals surface area contributed by atoms with Crippen molar-refractivity contribution in [2.45, 2.75) is 52.1 Å². The van der Waals surface area contributed by atoms with E-state index in [1.807, 2.05) is 0 Å². The van der Waals surface area contributed by atoms with Crippen molar-refractivity contribution in [3.05, 3.63) is 17.4 Å². The second kappa shape index (κ2) is 7.46. The molecule has 6 nitrogen and oxygen atoms in total. The molecule has 25 heavy (non-hydrogen) atoms. The van der Waals surface area contributed by atoms with Gasteiger partial charge < -0.3 is 14.7 Å². The van der Waals surface area contributed by atoms with Gasteiger partial charge in [0.05, 0.1) is 6.20 Å². The fraction of sp³-hybridized carbons (Fsp3) is 0.667. The van der Waals surface area contributed by atoms with Crippen LogP contribution in [0.4, 0.5) is 11.5 Å². The van der Waals surface area contributed by atoms with E-state index >= 15 is 0 Å². The average molecular weight is 365 g/mol. The molecule has 1 amide bonds. The number of fused-ring (bicyclic) bond motifs is 1. The molecular weight excluding hydrogens is 338 g/mol. The summed E-state index contributed by atoms with van der Waals surface area (Å²) in [5, 5.41) is 0.231. The third-order valence-electron chi connectivity index (χ3n) is 5.15. The number of nitrogens with zero attached hydrogens (tertiary/aromatic N) is 5. The number of amides is 1. The van der Waals surface area contributed by atoms with Crippen LogP contribution in [-0.2, 0) is 4.79 Å². The highest BCUT2D eigenvalue weighted by Gasteiger charge is 2.41. The van der Waals surface area contributed by atoms with Crippen LogP contribution in [0.25, 0.3) is 0 Å². The lowest BCUT2D eigenvalue weighted by atomic mass is 9.97. The molecule has 137 valence electrons. The molecule has 2 aliphatic heterocycles. The molecule has 7 heteroatoms. The quantitative estimate of drug-likeness (QED) is 0.769. The first kappa shape index (κ1) is 18.4. The summed E-state index contributed by atoms with van der Waals surface area (Å²) in [5.74, 6) is 2.34. The monoisotopic (exact) mass is 364 g/mol. The minimum atomic E-state index is -0.181. The first-order valence-electron chi connectivity index (χ1n) is 9.02. The molecule has 1 aromatic rings. The van der Waals surface area contributed by atoms with E-state index in [0.29, 0.717) is 6.04 Å². The molecule has 1 fully saturated rings. The van der Waals surface area contributed by atoms with E-state index in [2.05, 4.69) is 40.5 Å². The van der Waals surface area contributed by atoms with Crippen LogP contribution >= 0.6 is 11.6 Å². The van der Waals surface area contributed by atoms with Crippen molar-refractivity contribution in [3.8, 4) is 0 Å². The molecule has 0 saturated carbocycles. The van der Waals surface area contributed by atoms with E-state index in [-0.39, 0.29) is 17.2 Å². The van der Waals surface area contributed by atoms with E-state index in [0.717, 1.165) is 50.4 Å². The van der Waals surface area contributed by atoms with E-state index in [9.17, 15) is 4.79 Å². The highest BCUT2D eigenvalue weighted by Crippen LogP contribution is 2.38. The Morgan fingerprint density at radius 3 is 2.60 bits per heavy atom. The van der Waals surface area contributed by atoms with Crippen LogP contribution in [0.5, 0.6) is 0 Å². The molecule has 1 radical (unpaired) electrons. The maximum atomic E-state index is 12.8. The summed E-state index contributed by atoms with van der Waals surface area (Å²) < 4.78 is 0. The first-order chi connectivity index (χ1) is 11.9. The maximum Gasteiger partial charge on any atom is 0.249 e. The van der Waals surface area contributed by atoms with Gasteiger partial charge in [-0.05, 0) is 36.8 Å². The standard InChI is InChI=1S/C18H27ClN5O/c1-5-14-17(25)22(4)15-10-20-18(19)21-16(15)24(14)13-6-8-23(9-7-13)11-12(2)3/h10,13-14H,5-9,11H2,1-4H3/t14-/m1/s1. The molecule has 0 unspecified atom stereocenters. The summed E-state index contributed by atoms with van der Waals surface area (Å²) in [6.45, 7) is 9.54. The van der Waals surface area contributed by atoms with Gasteiger partial charge in [-0.3, -0.25) is 4.79 Å². The van der Waals surface area contributed by atoms with Crippen LogP contribution in [0, 0.1) is 5.92 Å². The van der Waals surface area contributed by atoms with Gasteiger partial charge in [0.15, 0.2) is 5.82 Å². The van der Waals surface area contributed by atoms with Gasteiger partial charge in [0.2, 0.25) is 11.2 Å². The summed E-state index contributed by atoms with van der Waals surface area (Å²) in [7, 11) is 1.79. The van der Waals surface area contributed by atoms with Gasteiger partial charge in [0.1, 0.15) is 11.7 Å². The molecule has 0 aliphatic carbocycles. The Balaban J connectivity index is 1.87. The van der Waals surface area contributed by atoms with Gasteiger partial charge in [-0.15, -0.1) is 0 Å². The van der Waals surface area contributed by atoms with Crippen molar-refractivity contribution in [3.63, 3.8) is 0 Å². The summed E-state index contributed by atoms with van der Waals surface area (Å²) in [5.41, 5.74) is 0.749. The zero-order valence-electron chi connectivity index (χ0n) is 15.5. The van der Waals surface area contributed by atoms with E-state index in [1.165, 1.54) is 5.92 Å². The number of carbonyl (C=O) groups excluding carboxylic acids is 1. The molecule has 3 heterocycles. The predicted octanol–water partition coefficient (Wildman–Crippen LogP) is 2.77. The SMILES string of the molecule is CC[C@@H]1C(=O)N(C)c2cnc(Cl)nc2N1C1CCN(C[C](C)C)CC1. The number of hydrogen-bond acceptors (Lipinski definition) is 5. The summed E-state index contributed by atoms with van der Waals surface area (Å²) in [6.07, 6.45) is 4.47. The van der Waals surface area contributed by atoms with Crippen LogP contribution in [0.3, 0.4) is 0 Å². The van der Waals surface area contributed by atoms with Crippen molar-refractivity contribution < 1.29 is 4.79 Å². The van der Waals surface area contributed by atoms with Crippen molar-refractivity contribution >= 4 is 29.0 Å². The van der Waals surface area contributed by atoms with Crippen LogP contribution in [0.2, 0.25) is 5.28 Å². The minimum absolute atomic E-state index is 0.112. The normalized spacial score (nSPS) is 22.6. The Kier molecular flexibility index (Phi) is 5.49. The number of carbonyl (C=O) groups is 1. The van der Waals surface area contributed by atoms with E-state index < -0.39 is 0 Å². The van der Waals surface area contributed by atoms with Gasteiger partial charge in [-0.1, -0.05) is 20.8 Å². The molecule has 0 bridgehead atoms. The number of likely N-dealkylation sites (N-methyl/N-ethyl adjacent to an activating group) is 1. The van der Waals surface area contributed by atoms with Crippen molar-refractivity contribution in [2.75, 3.05) is 36.5 Å². The van der Waals surface area contributed by atoms with Crippen LogP contribution in [0.1, 0.15) is 40.0 Å². The first-order valence-corrected chi connectivity index (χ1v) is 9.40. The number of aromatic nitrogens is 2. The summed E-state index contributed by atoms with van der Waals surface area (Å²) in [4.78, 5) is 27.8. The highest BCUT2D eigenvalue weighted by atomic mass is 35.5. The van der Waals surface area contributed by atoms with Gasteiger partial charge in [-0.2, -0.15) is 4.98 Å². The lowest BCUT2D eigenvalue weighted by Crippen LogP contribution is -2.58. The summed E-state index contributed by atoms with van der Waals surface area (Å²) in [6, 6.07) is 0.125. The van der Waals surface area contributed by atoms with Gasteiger partial charge in [0.25, 0.3) is 0 Å². The second-order valence-electron chi connectivity index (χ2n) is 7.29. The molecule has 1 saturated heterocycles. The number of rotatable bonds is 4. The number of anilines is 2. The largest absolute Gasteiger partial charge is 0.340 e. The number of halogens is 1. The van der Waals surface area contributed by atoms with Gasteiger partial charge in [-0.25, -0.2) is 4.98 Å². The Bertz CT molecular complexity index is 630. The number of hydrogen-bond donors (Lipinski definition) is 0. The number of piperidine rings is 1. The fourth-order valence-corrected chi connectivity index (χ4v) is 4.11. The topological polar surface area (TPSA) is 52.6 Å². The van der Waals surface area contributed by atoms with E-state index in [1.54, 1.807) is 18.1 Å². The Morgan fingerprint density at radius 1 is 1.32 bits per heavy atom. The molecule has 1 aromatic heterocycles. The Hall–Kier alpha value is -1.40. The van der Waals surface area contributed by atoms with Crippen molar-refractivity contribution in [2.24, 2.45) is 0 Å². The fourth-order valence-electron chi connectivity index (χ4n) is 3.98. The molecule has 2 aliphatic rings. The second-order valence-corrected chi connectivity index (χ2v) is 7.63. The lowest BCUT2D eigenvalue weighted by Gasteiger charge is -2.47. The van der Waals surface area contributed by atoms with Crippen LogP contribution in [0.15, 0.2) is 6.20 Å².